The Balaban J connectivity index is 1.45. The predicted octanol–water partition coefficient (Wildman–Crippen LogP) is 6.87. The number of thioether (sulfide) groups is 1. The van der Waals surface area contributed by atoms with Crippen molar-refractivity contribution in [1.29, 1.82) is 0 Å². The molecule has 0 N–H and O–H groups in total. The van der Waals surface area contributed by atoms with Gasteiger partial charge in [-0.05, 0) is 78.6 Å². The lowest BCUT2D eigenvalue weighted by Gasteiger charge is -2.21. The number of rotatable bonds is 10. The van der Waals surface area contributed by atoms with Crippen LogP contribution in [0.3, 0.4) is 0 Å². The van der Waals surface area contributed by atoms with Gasteiger partial charge in [-0.3, -0.25) is 0 Å². The van der Waals surface area contributed by atoms with Crippen molar-refractivity contribution in [3.8, 4) is 11.5 Å². The normalized spacial score (nSPS) is 14.5. The molecule has 1 aliphatic heterocycles. The maximum absolute atomic E-state index is 12.4. The summed E-state index contributed by atoms with van der Waals surface area (Å²) in [4.78, 5) is 12.4. The standard InChI is InChI=1S/C25H32O3S/c1-2-3-4-5-6-17-27-23-11-9-22(10-12-23)25(26)28-24-13-7-20(8-14-24)21-15-18-29-19-16-21/h7-14,21H,2-6,15-19H2,1H3. The second-order valence-corrected chi connectivity index (χ2v) is 8.86. The Morgan fingerprint density at radius 3 is 2.24 bits per heavy atom. The fraction of sp³-hybridized carbons (Fsp3) is 0.480. The Morgan fingerprint density at radius 2 is 1.55 bits per heavy atom. The van der Waals surface area contributed by atoms with Crippen LogP contribution >= 0.6 is 11.8 Å². The van der Waals surface area contributed by atoms with E-state index < -0.39 is 0 Å². The van der Waals surface area contributed by atoms with Crippen molar-refractivity contribution in [1.82, 2.24) is 0 Å². The summed E-state index contributed by atoms with van der Waals surface area (Å²) in [6, 6.07) is 15.2. The van der Waals surface area contributed by atoms with E-state index >= 15 is 0 Å². The van der Waals surface area contributed by atoms with Crippen LogP contribution in [-0.2, 0) is 0 Å². The van der Waals surface area contributed by atoms with Crippen LogP contribution < -0.4 is 9.47 Å². The van der Waals surface area contributed by atoms with E-state index in [4.69, 9.17) is 9.47 Å². The number of unbranched alkanes of at least 4 members (excludes halogenated alkanes) is 4. The zero-order valence-corrected chi connectivity index (χ0v) is 18.2. The van der Waals surface area contributed by atoms with Gasteiger partial charge in [-0.25, -0.2) is 4.79 Å². The molecule has 4 heteroatoms. The third kappa shape index (κ3) is 7.11. The lowest BCUT2D eigenvalue weighted by molar-refractivity contribution is 0.0734. The molecule has 0 spiro atoms. The van der Waals surface area contributed by atoms with Crippen molar-refractivity contribution >= 4 is 17.7 Å². The van der Waals surface area contributed by atoms with Gasteiger partial charge in [0.25, 0.3) is 0 Å². The van der Waals surface area contributed by atoms with E-state index in [1.165, 1.54) is 55.6 Å². The van der Waals surface area contributed by atoms with Crippen molar-refractivity contribution in [2.45, 2.75) is 57.8 Å². The van der Waals surface area contributed by atoms with Crippen molar-refractivity contribution in [2.75, 3.05) is 18.1 Å². The molecule has 29 heavy (non-hydrogen) atoms. The fourth-order valence-corrected chi connectivity index (χ4v) is 4.69. The van der Waals surface area contributed by atoms with E-state index in [2.05, 4.69) is 19.1 Å². The zero-order valence-electron chi connectivity index (χ0n) is 17.4. The fourth-order valence-electron chi connectivity index (χ4n) is 3.59. The minimum absolute atomic E-state index is 0.335. The van der Waals surface area contributed by atoms with Crippen LogP contribution in [0, 0.1) is 0 Å². The van der Waals surface area contributed by atoms with Gasteiger partial charge >= 0.3 is 5.97 Å². The van der Waals surface area contributed by atoms with Crippen LogP contribution in [0.5, 0.6) is 11.5 Å². The number of hydrogen-bond acceptors (Lipinski definition) is 4. The molecule has 1 saturated heterocycles. The highest BCUT2D eigenvalue weighted by Gasteiger charge is 2.16. The molecule has 0 unspecified atom stereocenters. The van der Waals surface area contributed by atoms with Gasteiger partial charge in [-0.1, -0.05) is 44.7 Å². The lowest BCUT2D eigenvalue weighted by atomic mass is 9.93. The van der Waals surface area contributed by atoms with Gasteiger partial charge in [0.05, 0.1) is 12.2 Å². The van der Waals surface area contributed by atoms with Crippen LogP contribution in [0.4, 0.5) is 0 Å². The Labute approximate surface area is 179 Å². The SMILES string of the molecule is CCCCCCCOc1ccc(C(=O)Oc2ccc(C3CCSCC3)cc2)cc1. The van der Waals surface area contributed by atoms with Gasteiger partial charge in [0, 0.05) is 0 Å². The van der Waals surface area contributed by atoms with Gasteiger partial charge in [-0.15, -0.1) is 0 Å². The maximum atomic E-state index is 12.4. The van der Waals surface area contributed by atoms with E-state index in [0.717, 1.165) is 18.8 Å². The first-order valence-electron chi connectivity index (χ1n) is 10.9. The Bertz CT molecular complexity index is 734. The molecule has 2 aromatic rings. The largest absolute Gasteiger partial charge is 0.494 e. The van der Waals surface area contributed by atoms with Crippen molar-refractivity contribution in [3.63, 3.8) is 0 Å². The number of carbonyl (C=O) groups is 1. The smallest absolute Gasteiger partial charge is 0.343 e. The highest BCUT2D eigenvalue weighted by Crippen LogP contribution is 2.32. The summed E-state index contributed by atoms with van der Waals surface area (Å²) in [6.45, 7) is 2.94. The summed E-state index contributed by atoms with van der Waals surface area (Å²) in [5.74, 6) is 4.17. The molecule has 0 amide bonds. The van der Waals surface area contributed by atoms with E-state index in [-0.39, 0.29) is 5.97 Å². The van der Waals surface area contributed by atoms with Crippen LogP contribution in [0.2, 0.25) is 0 Å². The average Bonchev–Trinajstić information content (AvgIpc) is 2.78. The van der Waals surface area contributed by atoms with Crippen LogP contribution in [0.1, 0.15) is 73.7 Å². The first kappa shape index (κ1) is 21.8. The summed E-state index contributed by atoms with van der Waals surface area (Å²) >= 11 is 2.03. The number of ether oxygens (including phenoxy) is 2. The zero-order chi connectivity index (χ0) is 20.3. The number of carbonyl (C=O) groups excluding carboxylic acids is 1. The Morgan fingerprint density at radius 1 is 0.897 bits per heavy atom. The summed E-state index contributed by atoms with van der Waals surface area (Å²) in [6.07, 6.45) is 8.55. The van der Waals surface area contributed by atoms with Crippen LogP contribution in [0.15, 0.2) is 48.5 Å². The molecule has 0 atom stereocenters. The molecule has 0 aromatic heterocycles. The molecule has 1 fully saturated rings. The minimum atomic E-state index is -0.335. The van der Waals surface area contributed by atoms with Gasteiger partial charge in [0.15, 0.2) is 0 Å². The number of hydrogen-bond donors (Lipinski definition) is 0. The first-order valence-corrected chi connectivity index (χ1v) is 12.0. The van der Waals surface area contributed by atoms with Crippen LogP contribution in [0.25, 0.3) is 0 Å². The molecule has 3 nitrogen and oxygen atoms in total. The maximum Gasteiger partial charge on any atom is 0.343 e. The highest BCUT2D eigenvalue weighted by atomic mass is 32.2. The second kappa shape index (κ2) is 11.9. The highest BCUT2D eigenvalue weighted by molar-refractivity contribution is 7.99. The summed E-state index contributed by atoms with van der Waals surface area (Å²) in [5.41, 5.74) is 1.88. The van der Waals surface area contributed by atoms with E-state index in [9.17, 15) is 4.79 Å². The van der Waals surface area contributed by atoms with Crippen molar-refractivity contribution < 1.29 is 14.3 Å². The minimum Gasteiger partial charge on any atom is -0.494 e. The topological polar surface area (TPSA) is 35.5 Å². The molecule has 0 saturated carbocycles. The Hall–Kier alpha value is -1.94. The summed E-state index contributed by atoms with van der Waals surface area (Å²) < 4.78 is 11.3. The number of benzene rings is 2. The molecule has 2 aromatic carbocycles. The van der Waals surface area contributed by atoms with Crippen LogP contribution in [-0.4, -0.2) is 24.1 Å². The van der Waals surface area contributed by atoms with Crippen molar-refractivity contribution in [3.05, 3.63) is 59.7 Å². The monoisotopic (exact) mass is 412 g/mol. The molecule has 0 bridgehead atoms. The quantitative estimate of drug-likeness (QED) is 0.242. The predicted molar refractivity (Wildman–Crippen MR) is 121 cm³/mol. The molecule has 0 aliphatic carbocycles. The van der Waals surface area contributed by atoms with E-state index in [0.29, 0.717) is 17.2 Å². The average molecular weight is 413 g/mol. The molecule has 156 valence electrons. The lowest BCUT2D eigenvalue weighted by Crippen LogP contribution is -2.09. The van der Waals surface area contributed by atoms with Gasteiger partial charge < -0.3 is 9.47 Å². The van der Waals surface area contributed by atoms with Gasteiger partial charge in [-0.2, -0.15) is 11.8 Å². The summed E-state index contributed by atoms with van der Waals surface area (Å²) in [7, 11) is 0. The third-order valence-electron chi connectivity index (χ3n) is 5.39. The van der Waals surface area contributed by atoms with Gasteiger partial charge in [0.2, 0.25) is 0 Å². The third-order valence-corrected chi connectivity index (χ3v) is 6.44. The molecule has 1 aliphatic rings. The molecular weight excluding hydrogens is 380 g/mol. The second-order valence-electron chi connectivity index (χ2n) is 7.63. The van der Waals surface area contributed by atoms with Gasteiger partial charge in [0.1, 0.15) is 11.5 Å². The van der Waals surface area contributed by atoms with Crippen molar-refractivity contribution in [2.24, 2.45) is 0 Å². The number of esters is 1. The molecule has 0 radical (unpaired) electrons. The molecule has 1 heterocycles. The Kier molecular flexibility index (Phi) is 8.94. The van der Waals surface area contributed by atoms with E-state index in [1.807, 2.05) is 36.0 Å². The first-order chi connectivity index (χ1) is 14.3. The molecular formula is C25H32O3S. The van der Waals surface area contributed by atoms with E-state index in [1.54, 1.807) is 12.1 Å². The molecule has 3 rings (SSSR count). The summed E-state index contributed by atoms with van der Waals surface area (Å²) in [5, 5.41) is 0.